The van der Waals surface area contributed by atoms with Crippen LogP contribution in [0.15, 0.2) is 54.7 Å². The first-order valence-corrected chi connectivity index (χ1v) is 12.7. The van der Waals surface area contributed by atoms with Gasteiger partial charge >= 0.3 is 0 Å². The van der Waals surface area contributed by atoms with Gasteiger partial charge in [-0.15, -0.1) is 0 Å². The molecular formula is C27H28ClFN4O3S. The summed E-state index contributed by atoms with van der Waals surface area (Å²) < 4.78 is 20.2. The Labute approximate surface area is 224 Å². The molecule has 0 bridgehead atoms. The van der Waals surface area contributed by atoms with Crippen molar-refractivity contribution in [3.8, 4) is 5.75 Å². The first kappa shape index (κ1) is 28.1. The van der Waals surface area contributed by atoms with Crippen LogP contribution in [0.4, 0.5) is 10.1 Å². The molecule has 4 rings (SSSR count). The Balaban J connectivity index is 0.00000380. The van der Waals surface area contributed by atoms with Gasteiger partial charge in [0.25, 0.3) is 5.91 Å². The lowest BCUT2D eigenvalue weighted by molar-refractivity contribution is 0.0992. The van der Waals surface area contributed by atoms with E-state index in [1.807, 2.05) is 16.7 Å². The van der Waals surface area contributed by atoms with E-state index in [1.165, 1.54) is 37.6 Å². The number of Topliss-reactive ketones (excluding diaryl/α,β-unsaturated/α-hetero) is 1. The number of anilines is 1. The number of nitrogens with zero attached hydrogens (tertiary/aromatic N) is 2. The van der Waals surface area contributed by atoms with Crippen LogP contribution in [0.1, 0.15) is 39.4 Å². The molecule has 0 aliphatic carbocycles. The minimum absolute atomic E-state index is 0. The molecule has 7 nitrogen and oxygen atoms in total. The molecule has 2 heterocycles. The van der Waals surface area contributed by atoms with Crippen molar-refractivity contribution < 1.29 is 18.7 Å². The summed E-state index contributed by atoms with van der Waals surface area (Å²) in [5, 5.41) is 11.5. The third-order valence-electron chi connectivity index (χ3n) is 5.72. The quantitative estimate of drug-likeness (QED) is 0.230. The summed E-state index contributed by atoms with van der Waals surface area (Å²) in [6.07, 6.45) is 1.43. The molecule has 0 spiro atoms. The molecule has 1 saturated heterocycles. The largest absolute Gasteiger partial charge is 0.497 e. The third kappa shape index (κ3) is 6.87. The summed E-state index contributed by atoms with van der Waals surface area (Å²) >= 11 is 7.69. The topological polar surface area (TPSA) is 95.4 Å². The van der Waals surface area contributed by atoms with E-state index in [4.69, 9.17) is 21.7 Å². The van der Waals surface area contributed by atoms with E-state index in [9.17, 15) is 14.0 Å². The Morgan fingerprint density at radius 1 is 1.14 bits per heavy atom. The average Bonchev–Trinajstić information content (AvgIpc) is 2.90. The minimum atomic E-state index is -0.743. The van der Waals surface area contributed by atoms with Gasteiger partial charge in [-0.25, -0.2) is 4.39 Å². The van der Waals surface area contributed by atoms with E-state index in [0.717, 1.165) is 24.6 Å². The smallest absolute Gasteiger partial charge is 0.258 e. The number of ether oxygens (including phenoxy) is 1. The van der Waals surface area contributed by atoms with Crippen LogP contribution in [0.3, 0.4) is 0 Å². The number of benzene rings is 2. The number of methoxy groups -OCH3 is 1. The number of carbonyl (C=O) groups excluding carboxylic acids is 2. The Hall–Kier alpha value is -3.43. The molecule has 37 heavy (non-hydrogen) atoms. The Kier molecular flexibility index (Phi) is 9.66. The van der Waals surface area contributed by atoms with E-state index in [2.05, 4.69) is 10.3 Å². The zero-order valence-corrected chi connectivity index (χ0v) is 21.1. The van der Waals surface area contributed by atoms with Crippen molar-refractivity contribution in [2.24, 2.45) is 0 Å². The number of halogens is 2. The molecule has 1 amide bonds. The van der Waals surface area contributed by atoms with Crippen LogP contribution in [-0.2, 0) is 6.42 Å². The zero-order chi connectivity index (χ0) is 25.7. The second kappa shape index (κ2) is 12.7. The maximum Gasteiger partial charge on any atom is 0.258 e. The monoisotopic (exact) mass is 542 g/mol. The van der Waals surface area contributed by atoms with E-state index >= 15 is 0 Å². The fraction of sp³-hybridized carbons (Fsp3) is 0.259. The predicted molar refractivity (Wildman–Crippen MR) is 147 cm³/mol. The van der Waals surface area contributed by atoms with Gasteiger partial charge in [-0.2, -0.15) is 11.8 Å². The summed E-state index contributed by atoms with van der Waals surface area (Å²) in [5.41, 5.74) is 1.17. The van der Waals surface area contributed by atoms with Gasteiger partial charge in [-0.1, -0.05) is 25.1 Å². The molecule has 0 unspecified atom stereocenters. The molecule has 1 fully saturated rings. The molecule has 2 N–H and O–H groups in total. The van der Waals surface area contributed by atoms with Crippen LogP contribution < -0.4 is 10.1 Å². The summed E-state index contributed by atoms with van der Waals surface area (Å²) in [6, 6.07) is 12.1. The van der Waals surface area contributed by atoms with Crippen molar-refractivity contribution in [2.75, 3.05) is 37.0 Å². The van der Waals surface area contributed by atoms with E-state index in [-0.39, 0.29) is 42.3 Å². The van der Waals surface area contributed by atoms with Crippen LogP contribution >= 0.6 is 23.4 Å². The van der Waals surface area contributed by atoms with Crippen LogP contribution in [0.25, 0.3) is 0 Å². The first-order chi connectivity index (χ1) is 17.4. The second-order valence-corrected chi connectivity index (χ2v) is 9.74. The second-order valence-electron chi connectivity index (χ2n) is 8.08. The molecule has 3 aromatic rings. The molecule has 194 valence electrons. The van der Waals surface area contributed by atoms with Crippen LogP contribution in [-0.4, -0.2) is 59.1 Å². The molecular weight excluding hydrogens is 515 g/mol. The van der Waals surface area contributed by atoms with Gasteiger partial charge in [0, 0.05) is 47.6 Å². The lowest BCUT2D eigenvalue weighted by atomic mass is 10.0. The predicted octanol–water partition coefficient (Wildman–Crippen LogP) is 5.57. The van der Waals surface area contributed by atoms with Gasteiger partial charge in [-0.05, 0) is 42.5 Å². The first-order valence-electron chi connectivity index (χ1n) is 11.2. The maximum absolute atomic E-state index is 14.9. The van der Waals surface area contributed by atoms with Gasteiger partial charge in [0.1, 0.15) is 17.4 Å². The number of hydrogen-bond acceptors (Lipinski definition) is 6. The molecule has 0 saturated carbocycles. The number of nitrogens with one attached hydrogen (secondary N) is 2. The van der Waals surface area contributed by atoms with Gasteiger partial charge in [0.05, 0.1) is 29.8 Å². The standard InChI is InChI=1S/C26H24ClFN4O3S.CH4/c1-35-19-5-7-23(21(14-19)24(33)13-18-4-3-17(27)15-30-18)31-26(34)20-6-2-16(12-22(20)28)25(29)32-8-10-36-11-9-32;/h2-7,12,14-15,29H,8-11,13H2,1H3,(H,31,34);1H4. The van der Waals surface area contributed by atoms with Gasteiger partial charge < -0.3 is 15.0 Å². The van der Waals surface area contributed by atoms with Crippen LogP contribution in [0.5, 0.6) is 5.75 Å². The van der Waals surface area contributed by atoms with Gasteiger partial charge in [0.15, 0.2) is 5.78 Å². The summed E-state index contributed by atoms with van der Waals surface area (Å²) in [4.78, 5) is 32.1. The number of ketones is 1. The van der Waals surface area contributed by atoms with Gasteiger partial charge in [-0.3, -0.25) is 20.0 Å². The number of aromatic nitrogens is 1. The number of amides is 1. The van der Waals surface area contributed by atoms with E-state index < -0.39 is 11.7 Å². The fourth-order valence-corrected chi connectivity index (χ4v) is 4.78. The van der Waals surface area contributed by atoms with Crippen LogP contribution in [0.2, 0.25) is 5.02 Å². The summed E-state index contributed by atoms with van der Waals surface area (Å²) in [7, 11) is 1.47. The summed E-state index contributed by atoms with van der Waals surface area (Å²) in [5.74, 6) is 0.760. The van der Waals surface area contributed by atoms with Crippen molar-refractivity contribution >= 4 is 46.6 Å². The molecule has 10 heteroatoms. The molecule has 0 atom stereocenters. The number of thioether (sulfide) groups is 1. The van der Waals surface area contributed by atoms with Crippen molar-refractivity contribution in [2.45, 2.75) is 13.8 Å². The zero-order valence-electron chi connectivity index (χ0n) is 19.5. The minimum Gasteiger partial charge on any atom is -0.497 e. The third-order valence-corrected chi connectivity index (χ3v) is 6.89. The molecule has 1 aromatic heterocycles. The van der Waals surface area contributed by atoms with Crippen molar-refractivity contribution in [3.63, 3.8) is 0 Å². The highest BCUT2D eigenvalue weighted by Crippen LogP contribution is 2.25. The number of hydrogen-bond donors (Lipinski definition) is 2. The van der Waals surface area contributed by atoms with Crippen molar-refractivity contribution in [1.29, 1.82) is 5.41 Å². The normalized spacial score (nSPS) is 12.9. The SMILES string of the molecule is C.COc1ccc(NC(=O)c2ccc(C(=N)N3CCSCC3)cc2F)c(C(=O)Cc2ccc(Cl)cn2)c1. The van der Waals surface area contributed by atoms with Crippen LogP contribution in [0, 0.1) is 11.2 Å². The Bertz CT molecular complexity index is 1300. The Morgan fingerprint density at radius 3 is 2.54 bits per heavy atom. The number of pyridine rings is 1. The van der Waals surface area contributed by atoms with Crippen molar-refractivity contribution in [3.05, 3.63) is 88.0 Å². The number of carbonyl (C=O) groups is 2. The number of amidine groups is 1. The Morgan fingerprint density at radius 2 is 1.89 bits per heavy atom. The van der Waals surface area contributed by atoms with E-state index in [1.54, 1.807) is 24.3 Å². The maximum atomic E-state index is 14.9. The average molecular weight is 543 g/mol. The lowest BCUT2D eigenvalue weighted by Gasteiger charge is -2.28. The summed E-state index contributed by atoms with van der Waals surface area (Å²) in [6.45, 7) is 1.46. The fourth-order valence-electron chi connectivity index (χ4n) is 3.77. The molecule has 0 radical (unpaired) electrons. The lowest BCUT2D eigenvalue weighted by Crippen LogP contribution is -2.38. The van der Waals surface area contributed by atoms with Crippen molar-refractivity contribution in [1.82, 2.24) is 9.88 Å². The highest BCUT2D eigenvalue weighted by molar-refractivity contribution is 7.99. The highest BCUT2D eigenvalue weighted by atomic mass is 35.5. The molecule has 2 aromatic carbocycles. The molecule has 1 aliphatic rings. The van der Waals surface area contributed by atoms with Gasteiger partial charge in [0.2, 0.25) is 0 Å². The molecule has 1 aliphatic heterocycles. The number of rotatable bonds is 7. The highest BCUT2D eigenvalue weighted by Gasteiger charge is 2.21. The van der Waals surface area contributed by atoms with E-state index in [0.29, 0.717) is 22.0 Å².